The Hall–Kier alpha value is -0.610. The van der Waals surface area contributed by atoms with Crippen molar-refractivity contribution in [2.45, 2.75) is 50.2 Å². The molecule has 0 spiro atoms. The molecule has 0 aromatic carbocycles. The van der Waals surface area contributed by atoms with E-state index in [2.05, 4.69) is 5.32 Å². The minimum atomic E-state index is -0.586. The van der Waals surface area contributed by atoms with E-state index in [1.54, 1.807) is 0 Å². The summed E-state index contributed by atoms with van der Waals surface area (Å²) in [6.45, 7) is 0.675. The number of carbonyl (C=O) groups excluding carboxylic acids is 1. The Morgan fingerprint density at radius 1 is 1.47 bits per heavy atom. The van der Waals surface area contributed by atoms with Crippen LogP contribution in [0.5, 0.6) is 0 Å². The predicted octanol–water partition coefficient (Wildman–Crippen LogP) is 0.145. The largest absolute Gasteiger partial charge is 0.393 e. The molecule has 1 amide bonds. The molecule has 0 bridgehead atoms. The van der Waals surface area contributed by atoms with Crippen LogP contribution in [0.3, 0.4) is 0 Å². The van der Waals surface area contributed by atoms with Gasteiger partial charge in [-0.1, -0.05) is 0 Å². The van der Waals surface area contributed by atoms with Gasteiger partial charge < -0.3 is 16.2 Å². The van der Waals surface area contributed by atoms with Gasteiger partial charge in [-0.05, 0) is 44.4 Å². The molecule has 2 unspecified atom stereocenters. The zero-order chi connectivity index (χ0) is 10.9. The van der Waals surface area contributed by atoms with E-state index in [1.807, 2.05) is 0 Å². The van der Waals surface area contributed by atoms with Crippen LogP contribution in [0, 0.1) is 5.92 Å². The van der Waals surface area contributed by atoms with E-state index < -0.39 is 5.54 Å². The molecule has 0 heterocycles. The zero-order valence-electron chi connectivity index (χ0n) is 9.04. The van der Waals surface area contributed by atoms with Crippen molar-refractivity contribution in [3.63, 3.8) is 0 Å². The van der Waals surface area contributed by atoms with Crippen molar-refractivity contribution in [3.05, 3.63) is 0 Å². The minimum absolute atomic E-state index is 0.00450. The Bertz CT molecular complexity index is 251. The molecule has 2 aliphatic rings. The Kier molecular flexibility index (Phi) is 2.98. The van der Waals surface area contributed by atoms with Crippen LogP contribution in [0.15, 0.2) is 0 Å². The zero-order valence-corrected chi connectivity index (χ0v) is 9.04. The van der Waals surface area contributed by atoms with Gasteiger partial charge in [0, 0.05) is 6.54 Å². The van der Waals surface area contributed by atoms with Crippen LogP contribution in [-0.4, -0.2) is 29.2 Å². The molecule has 0 saturated heterocycles. The van der Waals surface area contributed by atoms with Crippen molar-refractivity contribution in [1.29, 1.82) is 0 Å². The molecule has 0 radical (unpaired) electrons. The maximum Gasteiger partial charge on any atom is 0.240 e. The fourth-order valence-electron chi connectivity index (χ4n) is 2.43. The average Bonchev–Trinajstić information content (AvgIpc) is 2.57. The summed E-state index contributed by atoms with van der Waals surface area (Å²) in [4.78, 5) is 11.7. The second-order valence-electron chi connectivity index (χ2n) is 5.05. The number of amides is 1. The first kappa shape index (κ1) is 10.9. The highest BCUT2D eigenvalue weighted by molar-refractivity contribution is 5.86. The number of carbonyl (C=O) groups is 1. The summed E-state index contributed by atoms with van der Waals surface area (Å²) in [7, 11) is 0. The Labute approximate surface area is 90.2 Å². The lowest BCUT2D eigenvalue weighted by Crippen LogP contribution is -2.58. The molecule has 0 aliphatic heterocycles. The molecule has 0 aromatic heterocycles. The van der Waals surface area contributed by atoms with Gasteiger partial charge in [0.1, 0.15) is 0 Å². The number of aliphatic hydroxyl groups excluding tert-OH is 1. The molecule has 4 heteroatoms. The van der Waals surface area contributed by atoms with Gasteiger partial charge in [-0.2, -0.15) is 0 Å². The van der Waals surface area contributed by atoms with E-state index in [-0.39, 0.29) is 12.0 Å². The predicted molar refractivity (Wildman–Crippen MR) is 57.1 cm³/mol. The topological polar surface area (TPSA) is 75.4 Å². The highest BCUT2D eigenvalue weighted by atomic mass is 16.3. The lowest BCUT2D eigenvalue weighted by atomic mass is 9.77. The monoisotopic (exact) mass is 212 g/mol. The standard InChI is InChI=1S/C11H20N2O2/c12-11(4-1-5-11)10(15)13-7-8-2-3-9(14)6-8/h8-9,14H,1-7,12H2,(H,13,15). The number of nitrogens with two attached hydrogens (primary N) is 1. The molecule has 2 fully saturated rings. The summed E-state index contributed by atoms with van der Waals surface area (Å²) >= 11 is 0. The van der Waals surface area contributed by atoms with Crippen molar-refractivity contribution >= 4 is 5.91 Å². The Balaban J connectivity index is 1.71. The smallest absolute Gasteiger partial charge is 0.240 e. The van der Waals surface area contributed by atoms with Crippen molar-refractivity contribution in [1.82, 2.24) is 5.32 Å². The van der Waals surface area contributed by atoms with Crippen molar-refractivity contribution in [3.8, 4) is 0 Å². The van der Waals surface area contributed by atoms with Gasteiger partial charge in [-0.15, -0.1) is 0 Å². The molecular weight excluding hydrogens is 192 g/mol. The van der Waals surface area contributed by atoms with Gasteiger partial charge in [0.05, 0.1) is 11.6 Å². The number of hydrogen-bond acceptors (Lipinski definition) is 3. The third-order valence-corrected chi connectivity index (χ3v) is 3.76. The summed E-state index contributed by atoms with van der Waals surface area (Å²) in [5.74, 6) is 0.433. The second-order valence-corrected chi connectivity index (χ2v) is 5.05. The highest BCUT2D eigenvalue weighted by Gasteiger charge is 2.40. The van der Waals surface area contributed by atoms with Gasteiger partial charge in [0.25, 0.3) is 0 Å². The van der Waals surface area contributed by atoms with E-state index in [9.17, 15) is 9.90 Å². The number of aliphatic hydroxyl groups is 1. The lowest BCUT2D eigenvalue weighted by molar-refractivity contribution is -0.129. The molecule has 2 aliphatic carbocycles. The van der Waals surface area contributed by atoms with E-state index >= 15 is 0 Å². The van der Waals surface area contributed by atoms with Gasteiger partial charge in [0.2, 0.25) is 5.91 Å². The Morgan fingerprint density at radius 2 is 2.20 bits per heavy atom. The van der Waals surface area contributed by atoms with Crippen LogP contribution < -0.4 is 11.1 Å². The molecule has 0 aromatic rings. The van der Waals surface area contributed by atoms with Crippen LogP contribution in [0.25, 0.3) is 0 Å². The fraction of sp³-hybridized carbons (Fsp3) is 0.909. The summed E-state index contributed by atoms with van der Waals surface area (Å²) in [6, 6.07) is 0. The first-order chi connectivity index (χ1) is 7.10. The number of nitrogens with one attached hydrogen (secondary N) is 1. The number of hydrogen-bond donors (Lipinski definition) is 3. The average molecular weight is 212 g/mol. The lowest BCUT2D eigenvalue weighted by Gasteiger charge is -2.36. The first-order valence-electron chi connectivity index (χ1n) is 5.85. The van der Waals surface area contributed by atoms with Gasteiger partial charge >= 0.3 is 0 Å². The van der Waals surface area contributed by atoms with Gasteiger partial charge in [-0.3, -0.25) is 4.79 Å². The summed E-state index contributed by atoms with van der Waals surface area (Å²) < 4.78 is 0. The minimum Gasteiger partial charge on any atom is -0.393 e. The third-order valence-electron chi connectivity index (χ3n) is 3.76. The molecule has 86 valence electrons. The number of rotatable bonds is 3. The van der Waals surface area contributed by atoms with E-state index in [0.29, 0.717) is 12.5 Å². The summed E-state index contributed by atoms with van der Waals surface area (Å²) in [6.07, 6.45) is 5.22. The summed E-state index contributed by atoms with van der Waals surface area (Å²) in [5, 5.41) is 12.3. The fourth-order valence-corrected chi connectivity index (χ4v) is 2.43. The maximum atomic E-state index is 11.7. The van der Waals surface area contributed by atoms with Gasteiger partial charge in [-0.25, -0.2) is 0 Å². The molecule has 2 atom stereocenters. The summed E-state index contributed by atoms with van der Waals surface area (Å²) in [5.41, 5.74) is 5.31. The molecule has 4 nitrogen and oxygen atoms in total. The molecule has 2 saturated carbocycles. The van der Waals surface area contributed by atoms with Crippen LogP contribution in [-0.2, 0) is 4.79 Å². The first-order valence-corrected chi connectivity index (χ1v) is 5.85. The van der Waals surface area contributed by atoms with Crippen LogP contribution in [0.4, 0.5) is 0 Å². The molecular formula is C11H20N2O2. The van der Waals surface area contributed by atoms with Crippen LogP contribution in [0.1, 0.15) is 38.5 Å². The third kappa shape index (κ3) is 2.32. The molecule has 2 rings (SSSR count). The normalized spacial score (nSPS) is 33.5. The van der Waals surface area contributed by atoms with Crippen molar-refractivity contribution < 1.29 is 9.90 Å². The molecule has 4 N–H and O–H groups in total. The van der Waals surface area contributed by atoms with Crippen LogP contribution in [0.2, 0.25) is 0 Å². The second kappa shape index (κ2) is 4.10. The Morgan fingerprint density at radius 3 is 2.67 bits per heavy atom. The van der Waals surface area contributed by atoms with E-state index in [1.165, 1.54) is 0 Å². The molecule has 15 heavy (non-hydrogen) atoms. The highest BCUT2D eigenvalue weighted by Crippen LogP contribution is 2.29. The van der Waals surface area contributed by atoms with Crippen molar-refractivity contribution in [2.75, 3.05) is 6.54 Å². The van der Waals surface area contributed by atoms with Crippen LogP contribution >= 0.6 is 0 Å². The SMILES string of the molecule is NC1(C(=O)NCC2CCC(O)C2)CCC1. The van der Waals surface area contributed by atoms with E-state index in [0.717, 1.165) is 38.5 Å². The van der Waals surface area contributed by atoms with Gasteiger partial charge in [0.15, 0.2) is 0 Å². The quantitative estimate of drug-likeness (QED) is 0.623. The maximum absolute atomic E-state index is 11.7. The van der Waals surface area contributed by atoms with Crippen molar-refractivity contribution in [2.24, 2.45) is 11.7 Å². The van der Waals surface area contributed by atoms with E-state index in [4.69, 9.17) is 5.73 Å².